The lowest BCUT2D eigenvalue weighted by molar-refractivity contribution is 0.586. The SMILES string of the molecule is Cc1cc(C)cc(N(C)Cc2csc(CNC(C)C)n2)c1. The Morgan fingerprint density at radius 1 is 1.19 bits per heavy atom. The van der Waals surface area contributed by atoms with Gasteiger partial charge in [0.15, 0.2) is 0 Å². The minimum absolute atomic E-state index is 0.496. The zero-order valence-corrected chi connectivity index (χ0v) is 14.4. The van der Waals surface area contributed by atoms with E-state index in [-0.39, 0.29) is 0 Å². The molecule has 0 aliphatic carbocycles. The van der Waals surface area contributed by atoms with Crippen molar-refractivity contribution in [3.8, 4) is 0 Å². The second kappa shape index (κ2) is 7.05. The summed E-state index contributed by atoms with van der Waals surface area (Å²) in [5.74, 6) is 0. The Morgan fingerprint density at radius 3 is 2.48 bits per heavy atom. The van der Waals surface area contributed by atoms with E-state index >= 15 is 0 Å². The fraction of sp³-hybridized carbons (Fsp3) is 0.471. The van der Waals surface area contributed by atoms with Gasteiger partial charge >= 0.3 is 0 Å². The van der Waals surface area contributed by atoms with Crippen molar-refractivity contribution < 1.29 is 0 Å². The summed E-state index contributed by atoms with van der Waals surface area (Å²) in [6.45, 7) is 10.3. The van der Waals surface area contributed by atoms with Crippen molar-refractivity contribution in [2.75, 3.05) is 11.9 Å². The predicted octanol–water partition coefficient (Wildman–Crippen LogP) is 3.89. The van der Waals surface area contributed by atoms with E-state index in [9.17, 15) is 0 Å². The molecule has 4 heteroatoms. The maximum absolute atomic E-state index is 4.71. The molecule has 0 aliphatic rings. The number of hydrogen-bond donors (Lipinski definition) is 1. The highest BCUT2D eigenvalue weighted by Crippen LogP contribution is 2.20. The summed E-state index contributed by atoms with van der Waals surface area (Å²) in [7, 11) is 2.12. The minimum atomic E-state index is 0.496. The number of benzene rings is 1. The molecule has 0 unspecified atom stereocenters. The summed E-state index contributed by atoms with van der Waals surface area (Å²) in [4.78, 5) is 6.97. The molecule has 0 aliphatic heterocycles. The van der Waals surface area contributed by atoms with E-state index in [0.29, 0.717) is 6.04 Å². The molecular formula is C17H25N3S. The fourth-order valence-electron chi connectivity index (χ4n) is 2.30. The van der Waals surface area contributed by atoms with Gasteiger partial charge in [-0.05, 0) is 37.1 Å². The molecule has 0 fully saturated rings. The number of nitrogens with zero attached hydrogens (tertiary/aromatic N) is 2. The number of aryl methyl sites for hydroxylation is 2. The normalized spacial score (nSPS) is 11.1. The van der Waals surface area contributed by atoms with Crippen LogP contribution in [0.2, 0.25) is 0 Å². The van der Waals surface area contributed by atoms with Crippen LogP contribution in [0.25, 0.3) is 0 Å². The van der Waals surface area contributed by atoms with Crippen LogP contribution in [0.3, 0.4) is 0 Å². The van der Waals surface area contributed by atoms with E-state index in [4.69, 9.17) is 4.98 Å². The Kier molecular flexibility index (Phi) is 5.37. The molecule has 1 heterocycles. The molecule has 0 bridgehead atoms. The quantitative estimate of drug-likeness (QED) is 0.877. The van der Waals surface area contributed by atoms with Gasteiger partial charge in [-0.1, -0.05) is 19.9 Å². The van der Waals surface area contributed by atoms with Gasteiger partial charge in [0, 0.05) is 30.7 Å². The Labute approximate surface area is 132 Å². The van der Waals surface area contributed by atoms with Crippen molar-refractivity contribution in [3.05, 3.63) is 45.4 Å². The largest absolute Gasteiger partial charge is 0.369 e. The van der Waals surface area contributed by atoms with Gasteiger partial charge in [0.25, 0.3) is 0 Å². The fourth-order valence-corrected chi connectivity index (χ4v) is 3.04. The summed E-state index contributed by atoms with van der Waals surface area (Å²) in [6.07, 6.45) is 0. The Hall–Kier alpha value is -1.39. The first kappa shape index (κ1) is 16.0. The van der Waals surface area contributed by atoms with Gasteiger partial charge in [-0.3, -0.25) is 0 Å². The highest BCUT2D eigenvalue weighted by atomic mass is 32.1. The summed E-state index contributed by atoms with van der Waals surface area (Å²) in [5, 5.41) is 6.73. The lowest BCUT2D eigenvalue weighted by Gasteiger charge is -2.19. The second-order valence-electron chi connectivity index (χ2n) is 5.97. The van der Waals surface area contributed by atoms with Gasteiger partial charge in [0.1, 0.15) is 5.01 Å². The maximum atomic E-state index is 4.71. The van der Waals surface area contributed by atoms with Crippen LogP contribution in [-0.2, 0) is 13.1 Å². The number of thiazole rings is 1. The van der Waals surface area contributed by atoms with Crippen LogP contribution in [0.1, 0.15) is 35.7 Å². The average molecular weight is 303 g/mol. The molecule has 2 aromatic rings. The number of hydrogen-bond acceptors (Lipinski definition) is 4. The molecule has 1 aromatic carbocycles. The molecule has 21 heavy (non-hydrogen) atoms. The van der Waals surface area contributed by atoms with Gasteiger partial charge in [0.2, 0.25) is 0 Å². The number of anilines is 1. The third-order valence-electron chi connectivity index (χ3n) is 3.31. The van der Waals surface area contributed by atoms with Crippen molar-refractivity contribution in [2.45, 2.75) is 46.8 Å². The molecule has 0 amide bonds. The van der Waals surface area contributed by atoms with Crippen molar-refractivity contribution in [1.82, 2.24) is 10.3 Å². The molecule has 2 rings (SSSR count). The molecule has 0 spiro atoms. The van der Waals surface area contributed by atoms with Gasteiger partial charge in [0.05, 0.1) is 12.2 Å². The molecule has 1 N–H and O–H groups in total. The molecule has 3 nitrogen and oxygen atoms in total. The van der Waals surface area contributed by atoms with Crippen LogP contribution in [0.4, 0.5) is 5.69 Å². The number of aromatic nitrogens is 1. The molecule has 1 aromatic heterocycles. The molecule has 0 radical (unpaired) electrons. The molecular weight excluding hydrogens is 278 g/mol. The van der Waals surface area contributed by atoms with Gasteiger partial charge < -0.3 is 10.2 Å². The van der Waals surface area contributed by atoms with Crippen LogP contribution in [0, 0.1) is 13.8 Å². The lowest BCUT2D eigenvalue weighted by atomic mass is 10.1. The molecule has 0 atom stereocenters. The van der Waals surface area contributed by atoms with E-state index in [0.717, 1.165) is 23.8 Å². The first-order chi connectivity index (χ1) is 9.94. The van der Waals surface area contributed by atoms with Crippen LogP contribution in [0.5, 0.6) is 0 Å². The summed E-state index contributed by atoms with van der Waals surface area (Å²) < 4.78 is 0. The van der Waals surface area contributed by atoms with E-state index in [1.807, 2.05) is 0 Å². The summed E-state index contributed by atoms with van der Waals surface area (Å²) in [6, 6.07) is 7.15. The Balaban J connectivity index is 2.00. The van der Waals surface area contributed by atoms with Crippen LogP contribution in [0.15, 0.2) is 23.6 Å². The Bertz CT molecular complexity index is 569. The predicted molar refractivity (Wildman–Crippen MR) is 92.1 cm³/mol. The van der Waals surface area contributed by atoms with Crippen LogP contribution < -0.4 is 10.2 Å². The van der Waals surface area contributed by atoms with E-state index in [1.54, 1.807) is 11.3 Å². The topological polar surface area (TPSA) is 28.2 Å². The van der Waals surface area contributed by atoms with E-state index in [1.165, 1.54) is 16.8 Å². The highest BCUT2D eigenvalue weighted by molar-refractivity contribution is 7.09. The zero-order valence-electron chi connectivity index (χ0n) is 13.6. The van der Waals surface area contributed by atoms with Crippen molar-refractivity contribution in [2.24, 2.45) is 0 Å². The number of rotatable bonds is 6. The summed E-state index contributed by atoms with van der Waals surface area (Å²) in [5.41, 5.74) is 5.00. The molecule has 114 valence electrons. The van der Waals surface area contributed by atoms with Crippen molar-refractivity contribution >= 4 is 17.0 Å². The zero-order chi connectivity index (χ0) is 15.4. The van der Waals surface area contributed by atoms with Gasteiger partial charge in [-0.25, -0.2) is 4.98 Å². The lowest BCUT2D eigenvalue weighted by Crippen LogP contribution is -2.22. The monoisotopic (exact) mass is 303 g/mol. The van der Waals surface area contributed by atoms with E-state index < -0.39 is 0 Å². The summed E-state index contributed by atoms with van der Waals surface area (Å²) >= 11 is 1.73. The first-order valence-electron chi connectivity index (χ1n) is 7.40. The van der Waals surface area contributed by atoms with Crippen LogP contribution >= 0.6 is 11.3 Å². The first-order valence-corrected chi connectivity index (χ1v) is 8.28. The Morgan fingerprint density at radius 2 is 1.86 bits per heavy atom. The van der Waals surface area contributed by atoms with Crippen molar-refractivity contribution in [3.63, 3.8) is 0 Å². The third-order valence-corrected chi connectivity index (χ3v) is 4.20. The highest BCUT2D eigenvalue weighted by Gasteiger charge is 2.07. The van der Waals surface area contributed by atoms with E-state index in [2.05, 4.69) is 68.5 Å². The maximum Gasteiger partial charge on any atom is 0.107 e. The molecule has 0 saturated heterocycles. The number of nitrogens with one attached hydrogen (secondary N) is 1. The minimum Gasteiger partial charge on any atom is -0.369 e. The molecule has 0 saturated carbocycles. The van der Waals surface area contributed by atoms with Crippen LogP contribution in [-0.4, -0.2) is 18.1 Å². The third kappa shape index (κ3) is 4.83. The second-order valence-corrected chi connectivity index (χ2v) is 6.91. The van der Waals surface area contributed by atoms with Gasteiger partial charge in [-0.2, -0.15) is 0 Å². The smallest absolute Gasteiger partial charge is 0.107 e. The van der Waals surface area contributed by atoms with Gasteiger partial charge in [-0.15, -0.1) is 11.3 Å². The average Bonchev–Trinajstić information content (AvgIpc) is 2.83. The standard InChI is InChI=1S/C17H25N3S/c1-12(2)18-9-17-19-15(11-21-17)10-20(5)16-7-13(3)6-14(4)8-16/h6-8,11-12,18H,9-10H2,1-5H3. The van der Waals surface area contributed by atoms with Crippen molar-refractivity contribution in [1.29, 1.82) is 0 Å².